The number of alkyl carbamates (subject to hydrolysis) is 1. The molecule has 2 heterocycles. The van der Waals surface area contributed by atoms with Gasteiger partial charge in [-0.1, -0.05) is 90.9 Å². The van der Waals surface area contributed by atoms with Gasteiger partial charge in [-0.15, -0.1) is 0 Å². The minimum Gasteiger partial charge on any atom is -1.00 e. The largest absolute Gasteiger partial charge is 1.00 e. The van der Waals surface area contributed by atoms with Gasteiger partial charge in [0.1, 0.15) is 12.6 Å². The molecule has 1 aliphatic heterocycles. The van der Waals surface area contributed by atoms with E-state index in [2.05, 4.69) is 12.2 Å². The SMILES string of the molecule is CCC(OC)OCCCC[n+]1cccc(CC(=O)O)c1.CCCCCCCCCCCCCCCC1CCNC(=O)O1.[Br-]. The summed E-state index contributed by atoms with van der Waals surface area (Å²) in [6.45, 7) is 6.63. The molecule has 0 saturated carbocycles. The van der Waals surface area contributed by atoms with Crippen molar-refractivity contribution in [3.8, 4) is 0 Å². The third-order valence-corrected chi connectivity index (χ3v) is 7.62. The number of aromatic nitrogens is 1. The van der Waals surface area contributed by atoms with Crippen molar-refractivity contribution in [1.82, 2.24) is 5.32 Å². The summed E-state index contributed by atoms with van der Waals surface area (Å²) in [5.41, 5.74) is 0.821. The average Bonchev–Trinajstić information content (AvgIpc) is 2.98. The minimum absolute atomic E-state index is 0. The van der Waals surface area contributed by atoms with Crippen LogP contribution in [0.25, 0.3) is 0 Å². The molecular weight excluding hydrogens is 612 g/mol. The molecule has 0 spiro atoms. The average molecular weight is 674 g/mol. The van der Waals surface area contributed by atoms with Crippen LogP contribution in [0.1, 0.15) is 135 Å². The number of rotatable bonds is 24. The zero-order valence-corrected chi connectivity index (χ0v) is 28.9. The summed E-state index contributed by atoms with van der Waals surface area (Å²) in [4.78, 5) is 21.7. The van der Waals surface area contributed by atoms with Crippen molar-refractivity contribution in [3.63, 3.8) is 0 Å². The Morgan fingerprint density at radius 1 is 1.00 bits per heavy atom. The first-order valence-electron chi connectivity index (χ1n) is 16.8. The molecule has 250 valence electrons. The first-order chi connectivity index (χ1) is 20.5. The molecular formula is C34H61BrN2O6. The summed E-state index contributed by atoms with van der Waals surface area (Å²) < 4.78 is 17.9. The van der Waals surface area contributed by atoms with Crippen LogP contribution in [0.5, 0.6) is 0 Å². The smallest absolute Gasteiger partial charge is 0.407 e. The second-order valence-corrected chi connectivity index (χ2v) is 11.4. The van der Waals surface area contributed by atoms with Crippen LogP contribution < -0.4 is 26.9 Å². The summed E-state index contributed by atoms with van der Waals surface area (Å²) in [5.74, 6) is -0.804. The molecule has 0 radical (unpaired) electrons. The molecule has 1 saturated heterocycles. The Morgan fingerprint density at radius 3 is 2.19 bits per heavy atom. The van der Waals surface area contributed by atoms with E-state index in [0.29, 0.717) is 6.61 Å². The quantitative estimate of drug-likeness (QED) is 0.0935. The summed E-state index contributed by atoms with van der Waals surface area (Å²) in [6, 6.07) is 3.71. The topological polar surface area (TPSA) is 98.0 Å². The lowest BCUT2D eigenvalue weighted by molar-refractivity contribution is -0.697. The van der Waals surface area contributed by atoms with Crippen LogP contribution in [0.2, 0.25) is 0 Å². The van der Waals surface area contributed by atoms with E-state index in [4.69, 9.17) is 19.3 Å². The van der Waals surface area contributed by atoms with Crippen LogP contribution in [-0.2, 0) is 32.0 Å². The van der Waals surface area contributed by atoms with Gasteiger partial charge in [-0.3, -0.25) is 4.79 Å². The lowest BCUT2D eigenvalue weighted by atomic mass is 10.0. The molecule has 9 heteroatoms. The van der Waals surface area contributed by atoms with Gasteiger partial charge in [0.15, 0.2) is 18.7 Å². The summed E-state index contributed by atoms with van der Waals surface area (Å²) in [5, 5.41) is 11.5. The van der Waals surface area contributed by atoms with Crippen LogP contribution in [0, 0.1) is 0 Å². The van der Waals surface area contributed by atoms with E-state index >= 15 is 0 Å². The Hall–Kier alpha value is -1.71. The van der Waals surface area contributed by atoms with Gasteiger partial charge in [-0.05, 0) is 31.7 Å². The van der Waals surface area contributed by atoms with Crippen molar-refractivity contribution in [3.05, 3.63) is 30.1 Å². The summed E-state index contributed by atoms with van der Waals surface area (Å²) in [7, 11) is 1.65. The first-order valence-corrected chi connectivity index (χ1v) is 16.8. The fourth-order valence-corrected chi connectivity index (χ4v) is 5.14. The maximum atomic E-state index is 11.1. The van der Waals surface area contributed by atoms with Gasteiger partial charge in [0.25, 0.3) is 0 Å². The standard InChI is InChI=1S/C19H37NO2.C15H23NO4.BrH/c1-2-3-4-5-6-7-8-9-10-11-12-13-14-15-18-16-17-20-19(21)22-18;1-3-15(19-2)20-10-5-4-8-16-9-6-7-13(12-16)11-14(17)18;/h18H,2-17H2,1H3,(H,20,21);6-7,9,12,15H,3-5,8,10-11H2,1-2H3;1H. The van der Waals surface area contributed by atoms with Gasteiger partial charge in [-0.2, -0.15) is 0 Å². The fraction of sp³-hybridized carbons (Fsp3) is 0.794. The molecule has 2 N–H and O–H groups in total. The maximum absolute atomic E-state index is 11.1. The van der Waals surface area contributed by atoms with Crippen LogP contribution >= 0.6 is 0 Å². The third-order valence-electron chi connectivity index (χ3n) is 7.62. The van der Waals surface area contributed by atoms with Crippen LogP contribution in [0.15, 0.2) is 24.5 Å². The molecule has 1 aliphatic rings. The molecule has 43 heavy (non-hydrogen) atoms. The maximum Gasteiger partial charge on any atom is 0.407 e. The van der Waals surface area contributed by atoms with Gasteiger partial charge in [0.2, 0.25) is 0 Å². The molecule has 1 aromatic heterocycles. The molecule has 0 aromatic carbocycles. The molecule has 0 aliphatic carbocycles. The number of methoxy groups -OCH3 is 1. The second kappa shape index (κ2) is 29.0. The van der Waals surface area contributed by atoms with Crippen molar-refractivity contribution in [2.75, 3.05) is 20.3 Å². The van der Waals surface area contributed by atoms with E-state index in [1.165, 1.54) is 83.5 Å². The zero-order valence-electron chi connectivity index (χ0n) is 27.3. The van der Waals surface area contributed by atoms with E-state index in [9.17, 15) is 9.59 Å². The lowest BCUT2D eigenvalue weighted by Crippen LogP contribution is -3.00. The molecule has 2 atom stereocenters. The van der Waals surface area contributed by atoms with E-state index in [-0.39, 0.29) is 41.9 Å². The number of carbonyl (C=O) groups is 2. The Labute approximate surface area is 272 Å². The summed E-state index contributed by atoms with van der Waals surface area (Å²) >= 11 is 0. The van der Waals surface area contributed by atoms with Crippen molar-refractivity contribution in [1.29, 1.82) is 0 Å². The second-order valence-electron chi connectivity index (χ2n) is 11.4. The number of nitrogens with zero attached hydrogens (tertiary/aromatic N) is 1. The number of ether oxygens (including phenoxy) is 3. The number of unbranched alkanes of at least 4 members (excludes halogenated alkanes) is 13. The van der Waals surface area contributed by atoms with Crippen LogP contribution in [0.3, 0.4) is 0 Å². The fourth-order valence-electron chi connectivity index (χ4n) is 5.14. The van der Waals surface area contributed by atoms with Crippen LogP contribution in [-0.4, -0.2) is 49.8 Å². The van der Waals surface area contributed by atoms with Crippen molar-refractivity contribution >= 4 is 12.1 Å². The zero-order chi connectivity index (χ0) is 30.7. The number of nitrogens with one attached hydrogen (secondary N) is 1. The molecule has 1 aromatic rings. The minimum atomic E-state index is -0.804. The molecule has 1 fully saturated rings. The highest BCUT2D eigenvalue weighted by atomic mass is 79.9. The number of amides is 1. The number of hydrogen-bond acceptors (Lipinski definition) is 5. The van der Waals surface area contributed by atoms with Gasteiger partial charge in [0, 0.05) is 44.7 Å². The molecule has 0 bridgehead atoms. The number of aliphatic carboxylic acids is 1. The number of carbonyl (C=O) groups excluding carboxylic acids is 1. The van der Waals surface area contributed by atoms with Gasteiger partial charge >= 0.3 is 12.1 Å². The van der Waals surface area contributed by atoms with Gasteiger partial charge in [-0.25, -0.2) is 9.36 Å². The van der Waals surface area contributed by atoms with E-state index in [0.717, 1.165) is 50.8 Å². The predicted octanol–water partition coefficient (Wildman–Crippen LogP) is 4.75. The lowest BCUT2D eigenvalue weighted by Gasteiger charge is -2.22. The normalized spacial score (nSPS) is 15.0. The van der Waals surface area contributed by atoms with E-state index in [1.807, 2.05) is 36.0 Å². The van der Waals surface area contributed by atoms with Crippen molar-refractivity contribution < 1.29 is 50.5 Å². The number of carboxylic acid groups (broad SMARTS) is 1. The number of carboxylic acids is 1. The Bertz CT molecular complexity index is 809. The van der Waals surface area contributed by atoms with E-state index in [1.54, 1.807) is 7.11 Å². The number of cyclic esters (lactones) is 1. The monoisotopic (exact) mass is 672 g/mol. The third kappa shape index (κ3) is 24.3. The van der Waals surface area contributed by atoms with Gasteiger partial charge < -0.3 is 41.6 Å². The number of aryl methyl sites for hydroxylation is 1. The highest BCUT2D eigenvalue weighted by Crippen LogP contribution is 2.16. The highest BCUT2D eigenvalue weighted by molar-refractivity contribution is 5.69. The Kier molecular flexibility index (Phi) is 27.9. The highest BCUT2D eigenvalue weighted by Gasteiger charge is 2.18. The Balaban J connectivity index is 0.000000805. The van der Waals surface area contributed by atoms with Crippen molar-refractivity contribution in [2.45, 2.75) is 155 Å². The summed E-state index contributed by atoms with van der Waals surface area (Å²) in [6.07, 6.45) is 26.5. The molecule has 2 rings (SSSR count). The van der Waals surface area contributed by atoms with Crippen molar-refractivity contribution in [2.24, 2.45) is 0 Å². The Morgan fingerprint density at radius 2 is 1.63 bits per heavy atom. The molecule has 1 amide bonds. The van der Waals surface area contributed by atoms with E-state index < -0.39 is 5.97 Å². The molecule has 8 nitrogen and oxygen atoms in total. The first kappa shape index (κ1) is 41.3. The molecule has 2 unspecified atom stereocenters. The number of pyridine rings is 1. The van der Waals surface area contributed by atoms with Crippen LogP contribution in [0.4, 0.5) is 4.79 Å². The predicted molar refractivity (Wildman–Crippen MR) is 167 cm³/mol. The van der Waals surface area contributed by atoms with Gasteiger partial charge in [0.05, 0.1) is 6.42 Å². The number of hydrogen-bond donors (Lipinski definition) is 2. The number of halogens is 1.